The zero-order valence-corrected chi connectivity index (χ0v) is 11.4. The molecule has 0 saturated heterocycles. The fourth-order valence-electron chi connectivity index (χ4n) is 1.45. The summed E-state index contributed by atoms with van der Waals surface area (Å²) in [6, 6.07) is 0. The van der Waals surface area contributed by atoms with Crippen LogP contribution in [0.5, 0.6) is 0 Å². The summed E-state index contributed by atoms with van der Waals surface area (Å²) in [5.41, 5.74) is 0. The van der Waals surface area contributed by atoms with Crippen LogP contribution in [0, 0.1) is 0 Å². The minimum absolute atomic E-state index is 0.0336. The maximum Gasteiger partial charge on any atom is 0.322 e. The van der Waals surface area contributed by atoms with E-state index < -0.39 is 0 Å². The fourth-order valence-corrected chi connectivity index (χ4v) is 2.58. The molecule has 0 aromatic carbocycles. The first-order chi connectivity index (χ1) is 7.06. The average Bonchev–Trinajstić information content (AvgIpc) is 2.25. The number of carbonyl (C=O) groups is 1. The van der Waals surface area contributed by atoms with Crippen LogP contribution in [0.15, 0.2) is 0 Å². The highest BCUT2D eigenvalue weighted by Crippen LogP contribution is 2.34. The molecule has 0 aliphatic carbocycles. The molecule has 0 aromatic rings. The molecular weight excluding hydrogens is 208 g/mol. The number of hydrogen-bond donors (Lipinski definition) is 0. The summed E-state index contributed by atoms with van der Waals surface area (Å²) in [5, 5.41) is 0. The lowest BCUT2D eigenvalue weighted by atomic mass is 10.0. The van der Waals surface area contributed by atoms with Crippen LogP contribution in [0.4, 0.5) is 0 Å². The van der Waals surface area contributed by atoms with E-state index in [4.69, 9.17) is 4.74 Å². The van der Waals surface area contributed by atoms with Gasteiger partial charge in [-0.05, 0) is 31.9 Å². The van der Waals surface area contributed by atoms with Crippen LogP contribution >= 0.6 is 11.8 Å². The molecule has 0 radical (unpaired) electrons. The van der Waals surface area contributed by atoms with Gasteiger partial charge in [-0.1, -0.05) is 27.7 Å². The number of carbonyl (C=O) groups excluding carboxylic acids is 1. The van der Waals surface area contributed by atoms with Crippen LogP contribution in [0.25, 0.3) is 0 Å². The smallest absolute Gasteiger partial charge is 0.322 e. The minimum Gasteiger partial charge on any atom is -0.462 e. The normalized spacial score (nSPS) is 13.7. The van der Waals surface area contributed by atoms with Crippen LogP contribution in [-0.4, -0.2) is 22.6 Å². The predicted octanol–water partition coefficient (Wildman–Crippen LogP) is 3.64. The molecular formula is C12H24O2S. The van der Waals surface area contributed by atoms with E-state index in [-0.39, 0.29) is 16.8 Å². The second-order valence-electron chi connectivity index (χ2n) is 3.76. The highest BCUT2D eigenvalue weighted by molar-refractivity contribution is 8.01. The molecule has 0 N–H and O–H groups in total. The van der Waals surface area contributed by atoms with Crippen molar-refractivity contribution in [3.63, 3.8) is 0 Å². The van der Waals surface area contributed by atoms with E-state index in [0.29, 0.717) is 0 Å². The van der Waals surface area contributed by atoms with E-state index in [1.165, 1.54) is 0 Å². The molecule has 0 rings (SSSR count). The summed E-state index contributed by atoms with van der Waals surface area (Å²) in [5.74, 6) is 0.922. The third kappa shape index (κ3) is 4.06. The number of rotatable bonds is 7. The minimum atomic E-state index is -0.321. The van der Waals surface area contributed by atoms with Crippen molar-refractivity contribution in [2.75, 3.05) is 5.75 Å². The third-order valence-electron chi connectivity index (χ3n) is 2.82. The van der Waals surface area contributed by atoms with Crippen LogP contribution in [0.1, 0.15) is 53.9 Å². The number of hydrogen-bond acceptors (Lipinski definition) is 3. The van der Waals surface area contributed by atoms with Gasteiger partial charge in [0.25, 0.3) is 0 Å². The van der Waals surface area contributed by atoms with Crippen molar-refractivity contribution in [2.45, 2.75) is 64.7 Å². The molecule has 0 aromatic heterocycles. The number of thioether (sulfide) groups is 1. The zero-order valence-electron chi connectivity index (χ0n) is 10.6. The van der Waals surface area contributed by atoms with Crippen molar-refractivity contribution in [3.05, 3.63) is 0 Å². The molecule has 15 heavy (non-hydrogen) atoms. The number of ether oxygens (including phenoxy) is 1. The molecule has 0 aliphatic rings. The molecule has 90 valence electrons. The van der Waals surface area contributed by atoms with Crippen molar-refractivity contribution in [3.8, 4) is 0 Å². The van der Waals surface area contributed by atoms with Gasteiger partial charge in [0, 0.05) is 0 Å². The highest BCUT2D eigenvalue weighted by Gasteiger charge is 2.37. The summed E-state index contributed by atoms with van der Waals surface area (Å²) in [6.45, 7) is 10.2. The average molecular weight is 232 g/mol. The first kappa shape index (κ1) is 14.8. The van der Waals surface area contributed by atoms with E-state index in [1.807, 2.05) is 13.8 Å². The summed E-state index contributed by atoms with van der Waals surface area (Å²) in [6.07, 6.45) is 2.60. The molecule has 3 heteroatoms. The van der Waals surface area contributed by atoms with Crippen molar-refractivity contribution in [1.82, 2.24) is 0 Å². The SMILES string of the molecule is CCSC(CC)(CC)C(=O)OC(C)CC. The maximum absolute atomic E-state index is 12.0. The molecule has 1 unspecified atom stereocenters. The Balaban J connectivity index is 4.53. The second kappa shape index (κ2) is 7.15. The Labute approximate surface area is 98.2 Å². The predicted molar refractivity (Wildman–Crippen MR) is 67.3 cm³/mol. The lowest BCUT2D eigenvalue weighted by Crippen LogP contribution is -2.37. The highest BCUT2D eigenvalue weighted by atomic mass is 32.2. The van der Waals surface area contributed by atoms with E-state index >= 15 is 0 Å². The first-order valence-corrected chi connectivity index (χ1v) is 6.89. The van der Waals surface area contributed by atoms with Gasteiger partial charge >= 0.3 is 5.97 Å². The van der Waals surface area contributed by atoms with Gasteiger partial charge in [-0.2, -0.15) is 0 Å². The Morgan fingerprint density at radius 1 is 1.27 bits per heavy atom. The van der Waals surface area contributed by atoms with E-state index in [0.717, 1.165) is 25.0 Å². The van der Waals surface area contributed by atoms with Gasteiger partial charge in [0.2, 0.25) is 0 Å². The topological polar surface area (TPSA) is 26.3 Å². The summed E-state index contributed by atoms with van der Waals surface area (Å²) >= 11 is 1.71. The Morgan fingerprint density at radius 2 is 1.80 bits per heavy atom. The summed E-state index contributed by atoms with van der Waals surface area (Å²) in [4.78, 5) is 12.0. The second-order valence-corrected chi connectivity index (χ2v) is 5.41. The molecule has 0 aliphatic heterocycles. The van der Waals surface area contributed by atoms with Gasteiger partial charge in [0.1, 0.15) is 4.75 Å². The van der Waals surface area contributed by atoms with Gasteiger partial charge < -0.3 is 4.74 Å². The quantitative estimate of drug-likeness (QED) is 0.627. The lowest BCUT2D eigenvalue weighted by Gasteiger charge is -2.29. The van der Waals surface area contributed by atoms with Crippen molar-refractivity contribution >= 4 is 17.7 Å². The molecule has 0 heterocycles. The van der Waals surface area contributed by atoms with Crippen LogP contribution < -0.4 is 0 Å². The van der Waals surface area contributed by atoms with Gasteiger partial charge in [-0.3, -0.25) is 4.79 Å². The molecule has 0 amide bonds. The Bertz CT molecular complexity index is 188. The summed E-state index contributed by atoms with van der Waals surface area (Å²) < 4.78 is 5.12. The lowest BCUT2D eigenvalue weighted by molar-refractivity contribution is -0.151. The standard InChI is InChI=1S/C12H24O2S/c1-6-10(5)14-11(13)12(7-2,8-3)15-9-4/h10H,6-9H2,1-5H3. The van der Waals surface area contributed by atoms with Crippen LogP contribution in [0.2, 0.25) is 0 Å². The van der Waals surface area contributed by atoms with Gasteiger partial charge in [-0.15, -0.1) is 11.8 Å². The molecule has 0 spiro atoms. The molecule has 0 saturated carbocycles. The molecule has 1 atom stereocenters. The van der Waals surface area contributed by atoms with Gasteiger partial charge in [-0.25, -0.2) is 0 Å². The van der Waals surface area contributed by atoms with Crippen molar-refractivity contribution in [2.24, 2.45) is 0 Å². The monoisotopic (exact) mass is 232 g/mol. The van der Waals surface area contributed by atoms with Gasteiger partial charge in [0.05, 0.1) is 6.10 Å². The van der Waals surface area contributed by atoms with Crippen LogP contribution in [-0.2, 0) is 9.53 Å². The largest absolute Gasteiger partial charge is 0.462 e. The summed E-state index contributed by atoms with van der Waals surface area (Å²) in [7, 11) is 0. The van der Waals surface area contributed by atoms with E-state index in [1.54, 1.807) is 11.8 Å². The van der Waals surface area contributed by atoms with Crippen molar-refractivity contribution in [1.29, 1.82) is 0 Å². The molecule has 0 bridgehead atoms. The van der Waals surface area contributed by atoms with Crippen molar-refractivity contribution < 1.29 is 9.53 Å². The molecule has 0 fully saturated rings. The fraction of sp³-hybridized carbons (Fsp3) is 0.917. The first-order valence-electron chi connectivity index (χ1n) is 5.91. The maximum atomic E-state index is 12.0. The third-order valence-corrected chi connectivity index (χ3v) is 4.40. The Morgan fingerprint density at radius 3 is 2.13 bits per heavy atom. The zero-order chi connectivity index (χ0) is 11.9. The number of esters is 1. The van der Waals surface area contributed by atoms with E-state index in [9.17, 15) is 4.79 Å². The molecule has 2 nitrogen and oxygen atoms in total. The van der Waals surface area contributed by atoms with Crippen LogP contribution in [0.3, 0.4) is 0 Å². The van der Waals surface area contributed by atoms with Gasteiger partial charge in [0.15, 0.2) is 0 Å². The Kier molecular flexibility index (Phi) is 7.07. The van der Waals surface area contributed by atoms with E-state index in [2.05, 4.69) is 20.8 Å². The Hall–Kier alpha value is -0.180.